The molecule has 0 fully saturated rings. The van der Waals surface area contributed by atoms with Gasteiger partial charge in [0, 0.05) is 39.9 Å². The first kappa shape index (κ1) is 52.1. The van der Waals surface area contributed by atoms with Gasteiger partial charge in [0.2, 0.25) is 5.69 Å². The zero-order chi connectivity index (χ0) is 36.3. The summed E-state index contributed by atoms with van der Waals surface area (Å²) in [7, 11) is 0. The molecule has 250 valence electrons. The normalized spacial score (nSPS) is 8.82. The van der Waals surface area contributed by atoms with E-state index in [1.54, 1.807) is 48.6 Å². The molecular weight excluding hydrogens is 799 g/mol. The van der Waals surface area contributed by atoms with E-state index in [4.69, 9.17) is 37.1 Å². The Balaban J connectivity index is -0.000000583. The van der Waals surface area contributed by atoms with Crippen LogP contribution in [-0.4, -0.2) is 68.0 Å². The van der Waals surface area contributed by atoms with E-state index in [0.717, 1.165) is 6.29 Å². The van der Waals surface area contributed by atoms with E-state index in [0.29, 0.717) is 21.6 Å². The minimum absolute atomic E-state index is 0. The third kappa shape index (κ3) is 24.0. The van der Waals surface area contributed by atoms with Crippen molar-refractivity contribution in [3.05, 3.63) is 84.7 Å². The number of nitrogens with zero attached hydrogens (tertiary/aromatic N) is 8. The van der Waals surface area contributed by atoms with Crippen molar-refractivity contribution in [3.63, 3.8) is 0 Å². The van der Waals surface area contributed by atoms with Gasteiger partial charge in [0.25, 0.3) is 5.70 Å². The molecule has 23 heteroatoms. The number of rotatable bonds is 7. The number of carbonyl (C=O) groups excluding carboxylic acids is 3. The maximum Gasteiger partial charge on any atom is 1.00 e. The van der Waals surface area contributed by atoms with Crippen LogP contribution in [0, 0.1) is 19.7 Å². The largest absolute Gasteiger partial charge is 1.00 e. The first-order valence-electron chi connectivity index (χ1n) is 12.5. The maximum atomic E-state index is 11.3. The molecule has 0 atom stereocenters. The van der Waals surface area contributed by atoms with Crippen LogP contribution in [0.4, 0.5) is 5.69 Å². The van der Waals surface area contributed by atoms with Crippen molar-refractivity contribution in [1.82, 2.24) is 24.9 Å². The molecule has 0 saturated heterocycles. The summed E-state index contributed by atoms with van der Waals surface area (Å²) in [6, 6.07) is 0. The number of hydrogen-bond acceptors (Lipinski definition) is 16. The van der Waals surface area contributed by atoms with E-state index in [2.05, 4.69) is 67.9 Å². The van der Waals surface area contributed by atoms with Gasteiger partial charge in [-0.15, -0.1) is 34.0 Å². The second-order valence-electron chi connectivity index (χ2n) is 7.20. The fraction of sp³-hybridized carbons (Fsp3) is 0.185. The fourth-order valence-electron chi connectivity index (χ4n) is 2.33. The minimum Gasteiger partial charge on any atom is -0.867 e. The second kappa shape index (κ2) is 32.7. The first-order valence-corrected chi connectivity index (χ1v) is 16.0. The summed E-state index contributed by atoms with van der Waals surface area (Å²) in [5, 5.41) is 18.2. The second-order valence-corrected chi connectivity index (χ2v) is 10.8. The molecule has 4 aromatic heterocycles. The van der Waals surface area contributed by atoms with Crippen molar-refractivity contribution in [1.29, 1.82) is 0 Å². The van der Waals surface area contributed by atoms with Crippen LogP contribution in [0.3, 0.4) is 0 Å². The van der Waals surface area contributed by atoms with Crippen molar-refractivity contribution in [2.24, 2.45) is 11.5 Å². The van der Waals surface area contributed by atoms with Crippen molar-refractivity contribution in [3.8, 4) is 16.6 Å². The van der Waals surface area contributed by atoms with E-state index < -0.39 is 17.8 Å². The van der Waals surface area contributed by atoms with Crippen LogP contribution >= 0.6 is 46.2 Å². The standard InChI is InChI=1S/C9H8N2O2S.C8H4N4OS2.C5H7NO2.C4H3NOS.CH4N2S.2K/c1-3-13-9(12)7(10-2)6-8-11-4-5-14-8;1-9-4-5(7-10-2-3-15-7)11-8(14)12-6(4)13;1-3-8-5(7)4-6-2;6-3-4-5-1-2-7-4;2-1(3)4;;/h4-6H,3H2,1H3;2-3H,(H2,11,12,13,14);3-4H2,1H3;1-3H;(H4,2,3,4);;/q;;;;;2*+1/p-2/b7-6-;;;;;;. The summed E-state index contributed by atoms with van der Waals surface area (Å²) in [5.41, 5.74) is 9.30. The molecule has 0 aliphatic rings. The molecule has 4 aromatic rings. The Morgan fingerprint density at radius 1 is 0.960 bits per heavy atom. The number of aromatic nitrogens is 5. The maximum absolute atomic E-state index is 11.3. The van der Waals surface area contributed by atoms with Crippen molar-refractivity contribution >= 4 is 94.0 Å². The van der Waals surface area contributed by atoms with Gasteiger partial charge in [-0.2, -0.15) is 0 Å². The van der Waals surface area contributed by atoms with Gasteiger partial charge in [-0.25, -0.2) is 36.0 Å². The Morgan fingerprint density at radius 2 is 1.50 bits per heavy atom. The van der Waals surface area contributed by atoms with E-state index in [9.17, 15) is 19.5 Å². The van der Waals surface area contributed by atoms with Gasteiger partial charge in [0.1, 0.15) is 15.7 Å². The molecule has 4 rings (SSSR count). The van der Waals surface area contributed by atoms with Gasteiger partial charge in [0.15, 0.2) is 16.4 Å². The first-order chi connectivity index (χ1) is 23.0. The predicted molar refractivity (Wildman–Crippen MR) is 184 cm³/mol. The van der Waals surface area contributed by atoms with E-state index >= 15 is 0 Å². The molecule has 0 amide bonds. The molecule has 16 nitrogen and oxygen atoms in total. The van der Waals surface area contributed by atoms with Crippen molar-refractivity contribution in [2.45, 2.75) is 19.0 Å². The Labute approximate surface area is 395 Å². The van der Waals surface area contributed by atoms with Crippen molar-refractivity contribution < 1.29 is 132 Å². The number of thiocarbonyl (C=S) groups is 1. The van der Waals surface area contributed by atoms with Crippen LogP contribution in [0.2, 0.25) is 0 Å². The average molecular weight is 823 g/mol. The van der Waals surface area contributed by atoms with Gasteiger partial charge in [0.05, 0.1) is 26.4 Å². The predicted octanol–water partition coefficient (Wildman–Crippen LogP) is -2.28. The average Bonchev–Trinajstić information content (AvgIpc) is 3.85. The van der Waals surface area contributed by atoms with Crippen LogP contribution in [0.1, 0.15) is 28.7 Å². The molecule has 4 N–H and O–H groups in total. The molecule has 0 aliphatic carbocycles. The van der Waals surface area contributed by atoms with Gasteiger partial charge in [-0.05, 0) is 38.0 Å². The SMILES string of the molecule is NC(N)=S.O=Cc1nccs1.[C-]#[N+]/C(=C\c1nccs1)C(=O)OCC.[C-]#[N+]CC(=O)OCC.[C-]#[N+]c1c([O-])nc([S-])nc1-c1nccs1.[K+].[K+]. The summed E-state index contributed by atoms with van der Waals surface area (Å²) < 4.78 is 9.13. The summed E-state index contributed by atoms with van der Waals surface area (Å²) in [6.45, 7) is 23.8. The fourth-order valence-corrected chi connectivity index (χ4v) is 4.13. The molecular formula is C27H24K2N10O6S5. The number of thiazole rings is 3. The number of aldehydes is 1. The summed E-state index contributed by atoms with van der Waals surface area (Å²) >= 11 is 12.8. The molecule has 0 saturated carbocycles. The molecule has 0 unspecified atom stereocenters. The van der Waals surface area contributed by atoms with Crippen LogP contribution in [0.5, 0.6) is 5.88 Å². The number of esters is 2. The van der Waals surface area contributed by atoms with Crippen molar-refractivity contribution in [2.75, 3.05) is 19.8 Å². The number of nitrogens with two attached hydrogens (primary N) is 2. The van der Waals surface area contributed by atoms with Crippen LogP contribution in [0.15, 0.2) is 45.6 Å². The number of hydrogen-bond donors (Lipinski definition) is 2. The Bertz CT molecular complexity index is 1740. The quantitative estimate of drug-likeness (QED) is 0.0293. The summed E-state index contributed by atoms with van der Waals surface area (Å²) in [4.78, 5) is 59.1. The van der Waals surface area contributed by atoms with E-state index in [1.165, 1.54) is 40.1 Å². The molecule has 0 bridgehead atoms. The Kier molecular flexibility index (Phi) is 34.1. The Morgan fingerprint density at radius 3 is 1.90 bits per heavy atom. The van der Waals surface area contributed by atoms with Gasteiger partial charge in [-0.3, -0.25) is 19.6 Å². The van der Waals surface area contributed by atoms with Crippen LogP contribution in [-0.2, 0) is 31.7 Å². The molecule has 0 aliphatic heterocycles. The topological polar surface area (TPSA) is 222 Å². The molecule has 50 heavy (non-hydrogen) atoms. The van der Waals surface area contributed by atoms with Gasteiger partial charge >= 0.3 is 121 Å². The van der Waals surface area contributed by atoms with Gasteiger partial charge in [-0.1, -0.05) is 0 Å². The monoisotopic (exact) mass is 822 g/mol. The summed E-state index contributed by atoms with van der Waals surface area (Å²) in [5.74, 6) is -1.68. The molecule has 0 radical (unpaired) electrons. The molecule has 0 spiro atoms. The number of ether oxygens (including phenoxy) is 2. The van der Waals surface area contributed by atoms with E-state index in [1.807, 2.05) is 0 Å². The van der Waals surface area contributed by atoms with Crippen LogP contribution < -0.4 is 119 Å². The summed E-state index contributed by atoms with van der Waals surface area (Å²) in [6.07, 6.45) is 6.96. The smallest absolute Gasteiger partial charge is 0.867 e. The van der Waals surface area contributed by atoms with Gasteiger partial charge < -0.3 is 43.5 Å². The minimum atomic E-state index is -0.643. The third-order valence-electron chi connectivity index (χ3n) is 3.96. The number of carbonyl (C=O) groups is 3. The Hall–Kier alpha value is -2.23. The van der Waals surface area contributed by atoms with E-state index in [-0.39, 0.29) is 143 Å². The third-order valence-corrected chi connectivity index (χ3v) is 6.35. The molecule has 4 heterocycles. The van der Waals surface area contributed by atoms with Crippen LogP contribution in [0.25, 0.3) is 31.3 Å². The molecule has 0 aromatic carbocycles. The zero-order valence-electron chi connectivity index (χ0n) is 27.0. The zero-order valence-corrected chi connectivity index (χ0v) is 37.3.